The van der Waals surface area contributed by atoms with Crippen molar-refractivity contribution in [2.75, 3.05) is 5.73 Å². The number of carbonyl (C=O) groups excluding carboxylic acids is 1. The first kappa shape index (κ1) is 10.0. The number of hydrogen-bond donors (Lipinski definition) is 2. The summed E-state index contributed by atoms with van der Waals surface area (Å²) in [6.07, 6.45) is 0.571. The standard InChI is InChI=1S/C10H10F2N2O/c11-5-3-7(14)8-4(9(5)12)1-2-6(13)10(8)15/h3,6H,1-2,13-14H2. The third kappa shape index (κ3) is 1.39. The first-order chi connectivity index (χ1) is 7.02. The lowest BCUT2D eigenvalue weighted by molar-refractivity contribution is 0.0948. The lowest BCUT2D eigenvalue weighted by Crippen LogP contribution is -2.36. The highest BCUT2D eigenvalue weighted by atomic mass is 19.2. The molecule has 1 atom stereocenters. The summed E-state index contributed by atoms with van der Waals surface area (Å²) in [5.41, 5.74) is 11.1. The minimum absolute atomic E-state index is 0.0379. The van der Waals surface area contributed by atoms with E-state index in [0.717, 1.165) is 6.07 Å². The van der Waals surface area contributed by atoms with Gasteiger partial charge in [-0.15, -0.1) is 0 Å². The Labute approximate surface area is 85.1 Å². The van der Waals surface area contributed by atoms with E-state index in [-0.39, 0.29) is 23.2 Å². The number of halogens is 2. The Morgan fingerprint density at radius 1 is 1.40 bits per heavy atom. The summed E-state index contributed by atoms with van der Waals surface area (Å²) < 4.78 is 26.3. The van der Waals surface area contributed by atoms with Gasteiger partial charge < -0.3 is 11.5 Å². The molecule has 0 radical (unpaired) electrons. The number of ketones is 1. The Morgan fingerprint density at radius 2 is 2.07 bits per heavy atom. The number of hydrogen-bond acceptors (Lipinski definition) is 3. The predicted octanol–water partition coefficient (Wildman–Crippen LogP) is 1.00. The lowest BCUT2D eigenvalue weighted by Gasteiger charge is -2.22. The van der Waals surface area contributed by atoms with Crippen LogP contribution in [0.1, 0.15) is 22.3 Å². The molecule has 1 aromatic rings. The highest BCUT2D eigenvalue weighted by Gasteiger charge is 2.30. The monoisotopic (exact) mass is 212 g/mol. The normalized spacial score (nSPS) is 20.2. The SMILES string of the molecule is Nc1cc(F)c(F)c2c1C(=O)C(N)CC2. The Morgan fingerprint density at radius 3 is 2.73 bits per heavy atom. The van der Waals surface area contributed by atoms with Gasteiger partial charge in [0.1, 0.15) is 0 Å². The van der Waals surface area contributed by atoms with E-state index in [9.17, 15) is 13.6 Å². The van der Waals surface area contributed by atoms with Crippen LogP contribution < -0.4 is 11.5 Å². The molecule has 3 nitrogen and oxygen atoms in total. The zero-order valence-electron chi connectivity index (χ0n) is 7.89. The maximum Gasteiger partial charge on any atom is 0.181 e. The number of rotatable bonds is 0. The van der Waals surface area contributed by atoms with Crippen LogP contribution in [0.25, 0.3) is 0 Å². The number of benzene rings is 1. The summed E-state index contributed by atoms with van der Waals surface area (Å²) in [5.74, 6) is -2.42. The number of carbonyl (C=O) groups is 1. The summed E-state index contributed by atoms with van der Waals surface area (Å²) in [6, 6.07) is 0.161. The van der Waals surface area contributed by atoms with Crippen molar-refractivity contribution >= 4 is 11.5 Å². The number of Topliss-reactive ketones (excluding diaryl/α,β-unsaturated/α-hetero) is 1. The molecule has 0 aliphatic heterocycles. The third-order valence-electron chi connectivity index (χ3n) is 2.64. The van der Waals surface area contributed by atoms with Crippen molar-refractivity contribution in [1.82, 2.24) is 0 Å². The van der Waals surface area contributed by atoms with Gasteiger partial charge in [-0.3, -0.25) is 4.79 Å². The van der Waals surface area contributed by atoms with Crippen molar-refractivity contribution in [3.05, 3.63) is 28.8 Å². The van der Waals surface area contributed by atoms with Gasteiger partial charge in [0, 0.05) is 22.9 Å². The Hall–Kier alpha value is -1.49. The summed E-state index contributed by atoms with van der Waals surface area (Å²) in [6.45, 7) is 0. The van der Waals surface area contributed by atoms with Crippen LogP contribution in [-0.2, 0) is 6.42 Å². The summed E-state index contributed by atoms with van der Waals surface area (Å²) in [4.78, 5) is 11.6. The van der Waals surface area contributed by atoms with Crippen LogP contribution in [0, 0.1) is 11.6 Å². The van der Waals surface area contributed by atoms with Crippen LogP contribution in [0.3, 0.4) is 0 Å². The van der Waals surface area contributed by atoms with Gasteiger partial charge in [-0.05, 0) is 12.8 Å². The van der Waals surface area contributed by atoms with Crippen molar-refractivity contribution < 1.29 is 13.6 Å². The van der Waals surface area contributed by atoms with E-state index < -0.39 is 23.5 Å². The largest absolute Gasteiger partial charge is 0.398 e. The smallest absolute Gasteiger partial charge is 0.181 e. The van der Waals surface area contributed by atoms with Gasteiger partial charge in [0.15, 0.2) is 17.4 Å². The molecule has 0 saturated heterocycles. The summed E-state index contributed by atoms with van der Waals surface area (Å²) in [5, 5.41) is 0. The van der Waals surface area contributed by atoms with Gasteiger partial charge in [-0.2, -0.15) is 0 Å². The highest BCUT2D eigenvalue weighted by Crippen LogP contribution is 2.29. The molecule has 1 aliphatic carbocycles. The molecular weight excluding hydrogens is 202 g/mol. The van der Waals surface area contributed by atoms with E-state index in [2.05, 4.69) is 0 Å². The number of anilines is 1. The summed E-state index contributed by atoms with van der Waals surface area (Å²) >= 11 is 0. The first-order valence-electron chi connectivity index (χ1n) is 4.58. The fourth-order valence-electron chi connectivity index (χ4n) is 1.84. The zero-order chi connectivity index (χ0) is 11.2. The van der Waals surface area contributed by atoms with E-state index in [4.69, 9.17) is 11.5 Å². The third-order valence-corrected chi connectivity index (χ3v) is 2.64. The van der Waals surface area contributed by atoms with Crippen LogP contribution in [0.2, 0.25) is 0 Å². The topological polar surface area (TPSA) is 69.1 Å². The molecule has 1 unspecified atom stereocenters. The molecule has 0 saturated carbocycles. The van der Waals surface area contributed by atoms with Crippen LogP contribution in [0.4, 0.5) is 14.5 Å². The number of nitrogens with two attached hydrogens (primary N) is 2. The quantitative estimate of drug-likeness (QED) is 0.630. The fraction of sp³-hybridized carbons (Fsp3) is 0.300. The molecule has 0 fully saturated rings. The molecule has 0 heterocycles. The Balaban J connectivity index is 2.69. The minimum Gasteiger partial charge on any atom is -0.398 e. The van der Waals surface area contributed by atoms with E-state index in [0.29, 0.717) is 6.42 Å². The molecule has 0 aromatic heterocycles. The van der Waals surface area contributed by atoms with E-state index in [1.54, 1.807) is 0 Å². The van der Waals surface area contributed by atoms with Crippen molar-refractivity contribution in [2.24, 2.45) is 5.73 Å². The first-order valence-corrected chi connectivity index (χ1v) is 4.58. The lowest BCUT2D eigenvalue weighted by atomic mass is 9.86. The van der Waals surface area contributed by atoms with Crippen LogP contribution in [-0.4, -0.2) is 11.8 Å². The maximum absolute atomic E-state index is 13.3. The van der Waals surface area contributed by atoms with Crippen LogP contribution in [0.5, 0.6) is 0 Å². The second kappa shape index (κ2) is 3.27. The van der Waals surface area contributed by atoms with Gasteiger partial charge in [-0.25, -0.2) is 8.78 Å². The summed E-state index contributed by atoms with van der Waals surface area (Å²) in [7, 11) is 0. The van der Waals surface area contributed by atoms with Crippen LogP contribution >= 0.6 is 0 Å². The van der Waals surface area contributed by atoms with Gasteiger partial charge in [-0.1, -0.05) is 0 Å². The molecule has 2 rings (SSSR count). The number of fused-ring (bicyclic) bond motifs is 1. The highest BCUT2D eigenvalue weighted by molar-refractivity contribution is 6.06. The molecular formula is C10H10F2N2O. The molecule has 1 aromatic carbocycles. The van der Waals surface area contributed by atoms with E-state index >= 15 is 0 Å². The van der Waals surface area contributed by atoms with Gasteiger partial charge in [0.05, 0.1) is 6.04 Å². The van der Waals surface area contributed by atoms with Crippen molar-refractivity contribution in [2.45, 2.75) is 18.9 Å². The zero-order valence-corrected chi connectivity index (χ0v) is 7.89. The van der Waals surface area contributed by atoms with Gasteiger partial charge >= 0.3 is 0 Å². The molecule has 4 N–H and O–H groups in total. The Kier molecular flexibility index (Phi) is 2.19. The molecule has 80 valence electrons. The average molecular weight is 212 g/mol. The molecule has 0 bridgehead atoms. The molecule has 1 aliphatic rings. The van der Waals surface area contributed by atoms with Crippen molar-refractivity contribution in [3.8, 4) is 0 Å². The second-order valence-electron chi connectivity index (χ2n) is 3.62. The number of nitrogen functional groups attached to an aromatic ring is 1. The maximum atomic E-state index is 13.3. The van der Waals surface area contributed by atoms with Crippen molar-refractivity contribution in [1.29, 1.82) is 0 Å². The molecule has 0 amide bonds. The van der Waals surface area contributed by atoms with Crippen LogP contribution in [0.15, 0.2) is 6.07 Å². The van der Waals surface area contributed by atoms with Gasteiger partial charge in [0.2, 0.25) is 0 Å². The molecule has 0 spiro atoms. The van der Waals surface area contributed by atoms with Gasteiger partial charge in [0.25, 0.3) is 0 Å². The second-order valence-corrected chi connectivity index (χ2v) is 3.62. The Bertz CT molecular complexity index is 446. The molecule has 15 heavy (non-hydrogen) atoms. The minimum atomic E-state index is -1.02. The fourth-order valence-corrected chi connectivity index (χ4v) is 1.84. The van der Waals surface area contributed by atoms with E-state index in [1.807, 2.05) is 0 Å². The van der Waals surface area contributed by atoms with E-state index in [1.165, 1.54) is 0 Å². The van der Waals surface area contributed by atoms with Crippen molar-refractivity contribution in [3.63, 3.8) is 0 Å². The average Bonchev–Trinajstić information content (AvgIpc) is 2.18. The molecule has 5 heteroatoms. The predicted molar refractivity (Wildman–Crippen MR) is 51.4 cm³/mol.